The van der Waals surface area contributed by atoms with Crippen molar-refractivity contribution in [3.05, 3.63) is 64.0 Å². The lowest BCUT2D eigenvalue weighted by molar-refractivity contribution is -0.139. The number of nitrogens with zero attached hydrogens (tertiary/aromatic N) is 3. The summed E-state index contributed by atoms with van der Waals surface area (Å²) in [5.41, 5.74) is -0.887. The maximum absolute atomic E-state index is 13.5. The van der Waals surface area contributed by atoms with Crippen molar-refractivity contribution in [1.29, 1.82) is 0 Å². The highest BCUT2D eigenvalue weighted by molar-refractivity contribution is 5.42. The molecule has 1 atom stereocenters. The van der Waals surface area contributed by atoms with Crippen LogP contribution in [0.4, 0.5) is 19.0 Å². The van der Waals surface area contributed by atoms with E-state index in [0.717, 1.165) is 16.3 Å². The van der Waals surface area contributed by atoms with Gasteiger partial charge in [0, 0.05) is 19.2 Å². The predicted octanol–water partition coefficient (Wildman–Crippen LogP) is 3.49. The van der Waals surface area contributed by atoms with E-state index in [1.807, 2.05) is 6.92 Å². The molecule has 1 saturated heterocycles. The molecular formula is C21H24F3N3O3. The highest BCUT2D eigenvalue weighted by Crippen LogP contribution is 2.29. The van der Waals surface area contributed by atoms with Crippen molar-refractivity contribution in [3.8, 4) is 5.75 Å². The Morgan fingerprint density at radius 3 is 2.60 bits per heavy atom. The van der Waals surface area contributed by atoms with Crippen molar-refractivity contribution in [2.75, 3.05) is 31.7 Å². The van der Waals surface area contributed by atoms with Crippen molar-refractivity contribution in [3.63, 3.8) is 0 Å². The minimum absolute atomic E-state index is 0.0802. The van der Waals surface area contributed by atoms with E-state index in [1.54, 1.807) is 29.2 Å². The van der Waals surface area contributed by atoms with Crippen molar-refractivity contribution < 1.29 is 22.6 Å². The Labute approximate surface area is 172 Å². The van der Waals surface area contributed by atoms with Crippen LogP contribution in [-0.4, -0.2) is 42.7 Å². The van der Waals surface area contributed by atoms with Crippen LogP contribution in [0.2, 0.25) is 0 Å². The van der Waals surface area contributed by atoms with Crippen LogP contribution in [0.5, 0.6) is 5.75 Å². The van der Waals surface area contributed by atoms with E-state index >= 15 is 0 Å². The Kier molecular flexibility index (Phi) is 6.50. The lowest BCUT2D eigenvalue weighted by Crippen LogP contribution is -2.34. The molecule has 3 rings (SSSR count). The van der Waals surface area contributed by atoms with E-state index in [2.05, 4.69) is 11.7 Å². The van der Waals surface area contributed by atoms with Gasteiger partial charge >= 0.3 is 6.18 Å². The fraction of sp³-hybridized carbons (Fsp3) is 0.429. The normalized spacial score (nSPS) is 16.7. The summed E-state index contributed by atoms with van der Waals surface area (Å²) < 4.78 is 52.2. The number of halogens is 3. The lowest BCUT2D eigenvalue weighted by Gasteiger charge is -2.20. The minimum atomic E-state index is -4.77. The van der Waals surface area contributed by atoms with Crippen LogP contribution >= 0.6 is 0 Å². The van der Waals surface area contributed by atoms with Gasteiger partial charge in [0.05, 0.1) is 26.4 Å². The second kappa shape index (κ2) is 8.91. The van der Waals surface area contributed by atoms with Gasteiger partial charge in [-0.05, 0) is 31.0 Å². The number of methoxy groups -OCH3 is 1. The number of rotatable bonds is 7. The molecule has 1 aromatic heterocycles. The lowest BCUT2D eigenvalue weighted by atomic mass is 10.2. The number of hydrogen-bond donors (Lipinski definition) is 0. The summed E-state index contributed by atoms with van der Waals surface area (Å²) in [5, 5.41) is 4.22. The smallest absolute Gasteiger partial charge is 0.421 e. The monoisotopic (exact) mass is 423 g/mol. The maximum Gasteiger partial charge on any atom is 0.421 e. The first-order valence-electron chi connectivity index (χ1n) is 9.50. The molecule has 0 unspecified atom stereocenters. The third-order valence-electron chi connectivity index (χ3n) is 4.79. The van der Waals surface area contributed by atoms with Gasteiger partial charge in [-0.1, -0.05) is 24.3 Å². The fourth-order valence-corrected chi connectivity index (χ4v) is 3.23. The summed E-state index contributed by atoms with van der Waals surface area (Å²) in [6.07, 6.45) is -4.24. The Hall–Kier alpha value is -2.81. The topological polar surface area (TPSA) is 56.6 Å². The molecule has 1 aliphatic rings. The molecule has 2 aromatic rings. The molecule has 1 fully saturated rings. The predicted molar refractivity (Wildman–Crippen MR) is 107 cm³/mol. The molecular weight excluding hydrogens is 399 g/mol. The Morgan fingerprint density at radius 2 is 2.00 bits per heavy atom. The molecule has 2 heterocycles. The molecule has 0 radical (unpaired) electrons. The standard InChI is InChI=1S/C21H24F3N3O3/c1-14(2)13-30-17-8-9-26(12-17)19-10-18(21(22,23)24)20(28)27(25-19)11-15-4-6-16(29-3)7-5-15/h4-7,10,17H,1,8-9,11-13H2,2-3H3/t17-/m0/s1. The van der Waals surface area contributed by atoms with Crippen LogP contribution < -0.4 is 15.2 Å². The highest BCUT2D eigenvalue weighted by Gasteiger charge is 2.37. The zero-order valence-electron chi connectivity index (χ0n) is 16.9. The van der Waals surface area contributed by atoms with Crippen molar-refractivity contribution in [2.45, 2.75) is 32.2 Å². The molecule has 30 heavy (non-hydrogen) atoms. The Balaban J connectivity index is 1.89. The number of alkyl halides is 3. The minimum Gasteiger partial charge on any atom is -0.497 e. The van der Waals surface area contributed by atoms with Gasteiger partial charge in [0.15, 0.2) is 0 Å². The fourth-order valence-electron chi connectivity index (χ4n) is 3.23. The number of benzene rings is 1. The van der Waals surface area contributed by atoms with Crippen LogP contribution in [0.25, 0.3) is 0 Å². The summed E-state index contributed by atoms with van der Waals surface area (Å²) in [4.78, 5) is 14.2. The first kappa shape index (κ1) is 21.9. The summed E-state index contributed by atoms with van der Waals surface area (Å²) >= 11 is 0. The number of ether oxygens (including phenoxy) is 2. The van der Waals surface area contributed by atoms with Crippen molar-refractivity contribution >= 4 is 5.82 Å². The summed E-state index contributed by atoms with van der Waals surface area (Å²) in [7, 11) is 1.52. The maximum atomic E-state index is 13.5. The van der Waals surface area contributed by atoms with E-state index in [4.69, 9.17) is 9.47 Å². The second-order valence-corrected chi connectivity index (χ2v) is 7.35. The first-order chi connectivity index (χ1) is 14.2. The van der Waals surface area contributed by atoms with Gasteiger partial charge in [0.1, 0.15) is 17.1 Å². The van der Waals surface area contributed by atoms with E-state index in [9.17, 15) is 18.0 Å². The quantitative estimate of drug-likeness (QED) is 0.638. The SMILES string of the molecule is C=C(C)CO[C@H]1CCN(c2cc(C(F)(F)F)c(=O)n(Cc3ccc(OC)cc3)n2)C1. The summed E-state index contributed by atoms with van der Waals surface area (Å²) in [6.45, 7) is 6.84. The molecule has 9 heteroatoms. The molecule has 6 nitrogen and oxygen atoms in total. The molecule has 1 aliphatic heterocycles. The average Bonchev–Trinajstić information content (AvgIpc) is 3.16. The number of hydrogen-bond acceptors (Lipinski definition) is 5. The largest absolute Gasteiger partial charge is 0.497 e. The van der Waals surface area contributed by atoms with Gasteiger partial charge < -0.3 is 14.4 Å². The van der Waals surface area contributed by atoms with Crippen LogP contribution in [0, 0.1) is 0 Å². The first-order valence-corrected chi connectivity index (χ1v) is 9.50. The Bertz CT molecular complexity index is 955. The average molecular weight is 423 g/mol. The second-order valence-electron chi connectivity index (χ2n) is 7.35. The third kappa shape index (κ3) is 5.21. The molecule has 0 bridgehead atoms. The van der Waals surface area contributed by atoms with Gasteiger partial charge in [-0.2, -0.15) is 18.3 Å². The summed E-state index contributed by atoms with van der Waals surface area (Å²) in [6, 6.07) is 7.56. The summed E-state index contributed by atoms with van der Waals surface area (Å²) in [5.74, 6) is 0.721. The van der Waals surface area contributed by atoms with Crippen LogP contribution in [0.3, 0.4) is 0 Å². The molecule has 0 aliphatic carbocycles. The van der Waals surface area contributed by atoms with E-state index in [-0.39, 0.29) is 18.5 Å². The van der Waals surface area contributed by atoms with Gasteiger partial charge in [-0.25, -0.2) is 4.68 Å². The molecule has 0 saturated carbocycles. The van der Waals surface area contributed by atoms with Gasteiger partial charge in [-0.15, -0.1) is 0 Å². The number of anilines is 1. The van der Waals surface area contributed by atoms with Gasteiger partial charge in [-0.3, -0.25) is 4.79 Å². The van der Waals surface area contributed by atoms with Crippen LogP contribution in [0.1, 0.15) is 24.5 Å². The van der Waals surface area contributed by atoms with E-state index < -0.39 is 17.3 Å². The van der Waals surface area contributed by atoms with Gasteiger partial charge in [0.25, 0.3) is 5.56 Å². The third-order valence-corrected chi connectivity index (χ3v) is 4.79. The van der Waals surface area contributed by atoms with Crippen molar-refractivity contribution in [2.24, 2.45) is 0 Å². The zero-order valence-corrected chi connectivity index (χ0v) is 16.9. The number of aromatic nitrogens is 2. The highest BCUT2D eigenvalue weighted by atomic mass is 19.4. The zero-order chi connectivity index (χ0) is 21.9. The van der Waals surface area contributed by atoms with Crippen LogP contribution in [-0.2, 0) is 17.5 Å². The Morgan fingerprint density at radius 1 is 1.30 bits per heavy atom. The molecule has 0 spiro atoms. The van der Waals surface area contributed by atoms with Crippen molar-refractivity contribution in [1.82, 2.24) is 9.78 Å². The molecule has 0 amide bonds. The van der Waals surface area contributed by atoms with Gasteiger partial charge in [0.2, 0.25) is 0 Å². The van der Waals surface area contributed by atoms with E-state index in [0.29, 0.717) is 37.4 Å². The molecule has 1 aromatic carbocycles. The van der Waals surface area contributed by atoms with E-state index in [1.165, 1.54) is 7.11 Å². The van der Waals surface area contributed by atoms with Crippen LogP contribution in [0.15, 0.2) is 47.3 Å². The molecule has 0 N–H and O–H groups in total. The molecule has 162 valence electrons.